The van der Waals surface area contributed by atoms with Crippen LogP contribution in [0.15, 0.2) is 47.5 Å². The molecule has 1 fully saturated rings. The Labute approximate surface area is 198 Å². The molecule has 34 heavy (non-hydrogen) atoms. The third-order valence-electron chi connectivity index (χ3n) is 5.64. The number of aromatic nitrogens is 5. The minimum atomic E-state index is -4.46. The maximum Gasteiger partial charge on any atom is 0.422 e. The van der Waals surface area contributed by atoms with Crippen LogP contribution in [0.25, 0.3) is 33.8 Å². The quantitative estimate of drug-likeness (QED) is 0.298. The fourth-order valence-corrected chi connectivity index (χ4v) is 4.61. The Hall–Kier alpha value is -3.14. The van der Waals surface area contributed by atoms with Crippen LogP contribution in [0.4, 0.5) is 13.2 Å². The number of imidazole rings is 1. The monoisotopic (exact) mass is 485 g/mol. The molecule has 0 aliphatic heterocycles. The maximum absolute atomic E-state index is 12.5. The molecule has 0 saturated heterocycles. The Morgan fingerprint density at radius 2 is 1.85 bits per heavy atom. The lowest BCUT2D eigenvalue weighted by Gasteiger charge is -2.11. The van der Waals surface area contributed by atoms with Crippen molar-refractivity contribution in [3.05, 3.63) is 48.2 Å². The molecule has 0 bridgehead atoms. The van der Waals surface area contributed by atoms with Gasteiger partial charge in [-0.05, 0) is 41.7 Å². The van der Waals surface area contributed by atoms with Gasteiger partial charge in [-0.15, -0.1) is 22.0 Å². The standard InChI is InChI=1S/C24H22F3N5OS/c1-3-34-19-10-17(16-8-6-15(7-9-16)14-4-5-14)12-28-21(19)23-29-18-11-20(33-13-24(25,26)27)30-31-22(18)32(23)2/h6-12,14H,3-5,13H2,1-2H3. The number of thioether (sulfide) groups is 1. The zero-order valence-corrected chi connectivity index (χ0v) is 19.5. The summed E-state index contributed by atoms with van der Waals surface area (Å²) in [6.07, 6.45) is -0.0946. The van der Waals surface area contributed by atoms with E-state index in [4.69, 9.17) is 9.72 Å². The molecule has 1 aromatic carbocycles. The molecule has 1 saturated carbocycles. The SMILES string of the molecule is CCSc1cc(-c2ccc(C3CC3)cc2)cnc1-c1nc2cc(OCC(F)(F)F)nnc2n1C. The second-order valence-corrected chi connectivity index (χ2v) is 9.50. The van der Waals surface area contributed by atoms with Gasteiger partial charge in [-0.2, -0.15) is 13.2 Å². The highest BCUT2D eigenvalue weighted by Crippen LogP contribution is 2.41. The number of hydrogen-bond donors (Lipinski definition) is 0. The number of aryl methyl sites for hydroxylation is 1. The first-order valence-corrected chi connectivity index (χ1v) is 11.9. The van der Waals surface area contributed by atoms with Crippen molar-refractivity contribution < 1.29 is 17.9 Å². The molecule has 0 amide bonds. The molecular formula is C24H22F3N5OS. The van der Waals surface area contributed by atoms with Gasteiger partial charge in [0.2, 0.25) is 5.88 Å². The second kappa shape index (κ2) is 8.90. The Morgan fingerprint density at radius 3 is 2.53 bits per heavy atom. The zero-order valence-electron chi connectivity index (χ0n) is 18.6. The summed E-state index contributed by atoms with van der Waals surface area (Å²) in [5.74, 6) is 1.89. The van der Waals surface area contributed by atoms with E-state index in [9.17, 15) is 13.2 Å². The number of halogens is 3. The van der Waals surface area contributed by atoms with Crippen molar-refractivity contribution in [2.75, 3.05) is 12.4 Å². The van der Waals surface area contributed by atoms with E-state index in [0.29, 0.717) is 28.6 Å². The summed E-state index contributed by atoms with van der Waals surface area (Å²) < 4.78 is 43.9. The van der Waals surface area contributed by atoms with E-state index in [0.717, 1.165) is 21.8 Å². The molecule has 1 aliphatic rings. The van der Waals surface area contributed by atoms with Crippen LogP contribution in [0.5, 0.6) is 5.88 Å². The number of hydrogen-bond acceptors (Lipinski definition) is 6. The van der Waals surface area contributed by atoms with Crippen molar-refractivity contribution in [1.29, 1.82) is 0 Å². The van der Waals surface area contributed by atoms with Crippen LogP contribution in [0, 0.1) is 0 Å². The van der Waals surface area contributed by atoms with E-state index in [2.05, 4.69) is 52.4 Å². The molecule has 0 spiro atoms. The first-order valence-electron chi connectivity index (χ1n) is 11.0. The summed E-state index contributed by atoms with van der Waals surface area (Å²) in [5.41, 5.74) is 5.01. The predicted octanol–water partition coefficient (Wildman–Crippen LogP) is 6.02. The van der Waals surface area contributed by atoms with Crippen LogP contribution < -0.4 is 4.74 Å². The molecule has 176 valence electrons. The molecule has 6 nitrogen and oxygen atoms in total. The number of benzene rings is 1. The molecule has 0 unspecified atom stereocenters. The highest BCUT2D eigenvalue weighted by molar-refractivity contribution is 7.99. The summed E-state index contributed by atoms with van der Waals surface area (Å²) in [6, 6.07) is 12.1. The van der Waals surface area contributed by atoms with Crippen molar-refractivity contribution in [2.24, 2.45) is 7.05 Å². The lowest BCUT2D eigenvalue weighted by Crippen LogP contribution is -2.19. The Balaban J connectivity index is 1.49. The van der Waals surface area contributed by atoms with Gasteiger partial charge in [0.05, 0.1) is 0 Å². The van der Waals surface area contributed by atoms with Gasteiger partial charge in [0.15, 0.2) is 18.1 Å². The number of rotatable bonds is 7. The van der Waals surface area contributed by atoms with E-state index >= 15 is 0 Å². The van der Waals surface area contributed by atoms with Gasteiger partial charge >= 0.3 is 6.18 Å². The molecule has 3 heterocycles. The first kappa shape index (κ1) is 22.6. The van der Waals surface area contributed by atoms with Crippen molar-refractivity contribution in [2.45, 2.75) is 36.8 Å². The van der Waals surface area contributed by atoms with Gasteiger partial charge in [0, 0.05) is 29.8 Å². The van der Waals surface area contributed by atoms with Crippen molar-refractivity contribution in [3.63, 3.8) is 0 Å². The van der Waals surface area contributed by atoms with Crippen LogP contribution in [-0.2, 0) is 7.05 Å². The van der Waals surface area contributed by atoms with E-state index in [1.165, 1.54) is 24.5 Å². The second-order valence-electron chi connectivity index (χ2n) is 8.19. The van der Waals surface area contributed by atoms with Crippen LogP contribution in [-0.4, -0.2) is 43.3 Å². The number of ether oxygens (including phenoxy) is 1. The Morgan fingerprint density at radius 1 is 1.09 bits per heavy atom. The van der Waals surface area contributed by atoms with E-state index in [-0.39, 0.29) is 5.88 Å². The van der Waals surface area contributed by atoms with Crippen LogP contribution in [0.3, 0.4) is 0 Å². The molecule has 0 N–H and O–H groups in total. The molecule has 3 aromatic heterocycles. The van der Waals surface area contributed by atoms with Crippen molar-refractivity contribution in [3.8, 4) is 28.5 Å². The van der Waals surface area contributed by atoms with Gasteiger partial charge < -0.3 is 9.30 Å². The highest BCUT2D eigenvalue weighted by Gasteiger charge is 2.29. The topological polar surface area (TPSA) is 65.7 Å². The maximum atomic E-state index is 12.5. The first-order chi connectivity index (χ1) is 16.3. The fraction of sp³-hybridized carbons (Fsp3) is 0.333. The predicted molar refractivity (Wildman–Crippen MR) is 125 cm³/mol. The largest absolute Gasteiger partial charge is 0.467 e. The van der Waals surface area contributed by atoms with Gasteiger partial charge in [-0.1, -0.05) is 31.2 Å². The summed E-state index contributed by atoms with van der Waals surface area (Å²) >= 11 is 1.65. The number of pyridine rings is 1. The van der Waals surface area contributed by atoms with Gasteiger partial charge in [0.1, 0.15) is 11.2 Å². The van der Waals surface area contributed by atoms with E-state index < -0.39 is 12.8 Å². The summed E-state index contributed by atoms with van der Waals surface area (Å²) in [6.45, 7) is 0.630. The van der Waals surface area contributed by atoms with Crippen LogP contribution in [0.2, 0.25) is 0 Å². The third-order valence-corrected chi connectivity index (χ3v) is 6.55. The molecule has 0 radical (unpaired) electrons. The summed E-state index contributed by atoms with van der Waals surface area (Å²) in [5, 5.41) is 7.77. The average molecular weight is 486 g/mol. The lowest BCUT2D eigenvalue weighted by atomic mass is 10.0. The minimum Gasteiger partial charge on any atom is -0.467 e. The van der Waals surface area contributed by atoms with Crippen molar-refractivity contribution >= 4 is 22.9 Å². The van der Waals surface area contributed by atoms with Crippen LogP contribution >= 0.6 is 11.8 Å². The minimum absolute atomic E-state index is 0.226. The van der Waals surface area contributed by atoms with Gasteiger partial charge in [-0.3, -0.25) is 4.98 Å². The summed E-state index contributed by atoms with van der Waals surface area (Å²) in [7, 11) is 1.78. The molecule has 0 atom stereocenters. The normalized spacial score (nSPS) is 14.0. The molecule has 10 heteroatoms. The highest BCUT2D eigenvalue weighted by atomic mass is 32.2. The Kier molecular flexibility index (Phi) is 5.93. The molecule has 5 rings (SSSR count). The van der Waals surface area contributed by atoms with Crippen molar-refractivity contribution in [1.82, 2.24) is 24.7 Å². The summed E-state index contributed by atoms with van der Waals surface area (Å²) in [4.78, 5) is 10.3. The Bertz CT molecular complexity index is 1330. The smallest absolute Gasteiger partial charge is 0.422 e. The van der Waals surface area contributed by atoms with Gasteiger partial charge in [0.25, 0.3) is 0 Å². The molecular weight excluding hydrogens is 463 g/mol. The number of fused-ring (bicyclic) bond motifs is 1. The fourth-order valence-electron chi connectivity index (χ4n) is 3.81. The van der Waals surface area contributed by atoms with E-state index in [1.807, 2.05) is 6.20 Å². The number of nitrogens with zero attached hydrogens (tertiary/aromatic N) is 5. The number of alkyl halides is 3. The third kappa shape index (κ3) is 4.72. The average Bonchev–Trinajstić information content (AvgIpc) is 3.62. The zero-order chi connectivity index (χ0) is 23.9. The van der Waals surface area contributed by atoms with Crippen LogP contribution in [0.1, 0.15) is 31.2 Å². The lowest BCUT2D eigenvalue weighted by molar-refractivity contribution is -0.154. The molecule has 4 aromatic rings. The van der Waals surface area contributed by atoms with Gasteiger partial charge in [-0.25, -0.2) is 4.98 Å². The molecule has 1 aliphatic carbocycles. The van der Waals surface area contributed by atoms with E-state index in [1.54, 1.807) is 23.4 Å².